The standard InChI is InChI=1S/C15H18ClN3O2S/c1-17-22(20,21)14-7-8-15(19-11-14)18-9-3-5-12-4-2-6-13(16)10-12/h2,4,6-8,10-11,17H,3,5,9H2,1H3,(H,18,19). The van der Waals surface area contributed by atoms with Gasteiger partial charge in [-0.15, -0.1) is 0 Å². The number of aryl methyl sites for hydroxylation is 1. The van der Waals surface area contributed by atoms with Crippen LogP contribution in [0, 0.1) is 0 Å². The lowest BCUT2D eigenvalue weighted by Gasteiger charge is -2.07. The molecule has 2 aromatic rings. The minimum absolute atomic E-state index is 0.152. The zero-order chi connectivity index (χ0) is 16.0. The first-order chi connectivity index (χ1) is 10.5. The molecule has 0 saturated heterocycles. The number of rotatable bonds is 7. The molecule has 1 heterocycles. The molecule has 0 amide bonds. The van der Waals surface area contributed by atoms with Crippen LogP contribution in [0.4, 0.5) is 5.82 Å². The summed E-state index contributed by atoms with van der Waals surface area (Å²) in [7, 11) is -2.06. The van der Waals surface area contributed by atoms with Crippen LogP contribution < -0.4 is 10.0 Å². The first kappa shape index (κ1) is 16.7. The number of aromatic nitrogens is 1. The first-order valence-corrected chi connectivity index (χ1v) is 8.75. The van der Waals surface area contributed by atoms with Crippen molar-refractivity contribution in [1.29, 1.82) is 0 Å². The maximum Gasteiger partial charge on any atom is 0.241 e. The van der Waals surface area contributed by atoms with Gasteiger partial charge in [-0.1, -0.05) is 23.7 Å². The summed E-state index contributed by atoms with van der Waals surface area (Å²) in [5, 5.41) is 3.91. The third-order valence-corrected chi connectivity index (χ3v) is 4.79. The molecule has 0 radical (unpaired) electrons. The molecule has 0 fully saturated rings. The Hall–Kier alpha value is -1.63. The number of pyridine rings is 1. The van der Waals surface area contributed by atoms with Crippen LogP contribution in [0.3, 0.4) is 0 Å². The molecular formula is C15H18ClN3O2S. The molecule has 0 aliphatic rings. The summed E-state index contributed by atoms with van der Waals surface area (Å²) in [4.78, 5) is 4.25. The average molecular weight is 340 g/mol. The fourth-order valence-corrected chi connectivity index (χ4v) is 2.85. The van der Waals surface area contributed by atoms with Gasteiger partial charge in [-0.2, -0.15) is 0 Å². The van der Waals surface area contributed by atoms with Gasteiger partial charge >= 0.3 is 0 Å². The quantitative estimate of drug-likeness (QED) is 0.761. The Labute approximate surface area is 135 Å². The summed E-state index contributed by atoms with van der Waals surface area (Å²) in [6.07, 6.45) is 3.18. The lowest BCUT2D eigenvalue weighted by Crippen LogP contribution is -2.18. The maximum atomic E-state index is 11.6. The molecule has 5 nitrogen and oxygen atoms in total. The van der Waals surface area contributed by atoms with Gasteiger partial charge in [0, 0.05) is 17.8 Å². The fraction of sp³-hybridized carbons (Fsp3) is 0.267. The molecule has 0 aliphatic heterocycles. The summed E-state index contributed by atoms with van der Waals surface area (Å²) in [5.74, 6) is 0.654. The van der Waals surface area contributed by atoms with Crippen LogP contribution in [0.15, 0.2) is 47.5 Å². The predicted molar refractivity (Wildman–Crippen MR) is 88.7 cm³/mol. The zero-order valence-electron chi connectivity index (χ0n) is 12.2. The van der Waals surface area contributed by atoms with Crippen molar-refractivity contribution in [3.63, 3.8) is 0 Å². The number of nitrogens with zero attached hydrogens (tertiary/aromatic N) is 1. The Kier molecular flexibility index (Phi) is 5.76. The van der Waals surface area contributed by atoms with Crippen LogP contribution in [0.25, 0.3) is 0 Å². The molecule has 0 atom stereocenters. The number of hydrogen-bond acceptors (Lipinski definition) is 4. The van der Waals surface area contributed by atoms with Crippen molar-refractivity contribution < 1.29 is 8.42 Å². The Bertz CT molecular complexity index is 718. The lowest BCUT2D eigenvalue weighted by atomic mass is 10.1. The molecule has 1 aromatic heterocycles. The Balaban J connectivity index is 1.82. The zero-order valence-corrected chi connectivity index (χ0v) is 13.8. The van der Waals surface area contributed by atoms with Gasteiger partial charge in [0.15, 0.2) is 0 Å². The molecule has 22 heavy (non-hydrogen) atoms. The molecular weight excluding hydrogens is 322 g/mol. The van der Waals surface area contributed by atoms with E-state index in [4.69, 9.17) is 11.6 Å². The Morgan fingerprint density at radius 2 is 2.05 bits per heavy atom. The van der Waals surface area contributed by atoms with E-state index in [9.17, 15) is 8.42 Å². The van der Waals surface area contributed by atoms with Gasteiger partial charge in [0.25, 0.3) is 0 Å². The third kappa shape index (κ3) is 4.69. The van der Waals surface area contributed by atoms with Crippen molar-refractivity contribution in [2.75, 3.05) is 18.9 Å². The van der Waals surface area contributed by atoms with Crippen LogP contribution in [0.1, 0.15) is 12.0 Å². The summed E-state index contributed by atoms with van der Waals surface area (Å²) in [5.41, 5.74) is 1.19. The van der Waals surface area contributed by atoms with Gasteiger partial charge in [0.05, 0.1) is 0 Å². The van der Waals surface area contributed by atoms with Crippen molar-refractivity contribution in [3.8, 4) is 0 Å². The van der Waals surface area contributed by atoms with Crippen LogP contribution in [-0.2, 0) is 16.4 Å². The topological polar surface area (TPSA) is 71.1 Å². The van der Waals surface area contributed by atoms with E-state index in [0.29, 0.717) is 5.82 Å². The van der Waals surface area contributed by atoms with Crippen molar-refractivity contribution >= 4 is 27.4 Å². The molecule has 1 aromatic carbocycles. The smallest absolute Gasteiger partial charge is 0.241 e. The monoisotopic (exact) mass is 339 g/mol. The van der Waals surface area contributed by atoms with Gasteiger partial charge in [0.2, 0.25) is 10.0 Å². The number of anilines is 1. The molecule has 2 rings (SSSR count). The lowest BCUT2D eigenvalue weighted by molar-refractivity contribution is 0.588. The number of sulfonamides is 1. The second-order valence-electron chi connectivity index (χ2n) is 4.75. The second kappa shape index (κ2) is 7.58. The fourth-order valence-electron chi connectivity index (χ4n) is 1.96. The van der Waals surface area contributed by atoms with E-state index >= 15 is 0 Å². The minimum Gasteiger partial charge on any atom is -0.370 e. The maximum absolute atomic E-state index is 11.6. The Morgan fingerprint density at radius 1 is 1.23 bits per heavy atom. The van der Waals surface area contributed by atoms with Gasteiger partial charge in [-0.3, -0.25) is 0 Å². The Morgan fingerprint density at radius 3 is 2.68 bits per heavy atom. The van der Waals surface area contributed by atoms with Gasteiger partial charge < -0.3 is 5.32 Å². The summed E-state index contributed by atoms with van der Waals surface area (Å²) >= 11 is 5.94. The largest absolute Gasteiger partial charge is 0.370 e. The van der Waals surface area contributed by atoms with Crippen LogP contribution in [0.2, 0.25) is 5.02 Å². The molecule has 118 valence electrons. The van der Waals surface area contributed by atoms with E-state index < -0.39 is 10.0 Å². The molecule has 7 heteroatoms. The molecule has 0 aliphatic carbocycles. The SMILES string of the molecule is CNS(=O)(=O)c1ccc(NCCCc2cccc(Cl)c2)nc1. The van der Waals surface area contributed by atoms with Crippen LogP contribution in [-0.4, -0.2) is 27.0 Å². The van der Waals surface area contributed by atoms with E-state index in [-0.39, 0.29) is 4.90 Å². The normalized spacial score (nSPS) is 11.4. The van der Waals surface area contributed by atoms with E-state index in [0.717, 1.165) is 24.4 Å². The van der Waals surface area contributed by atoms with Crippen molar-refractivity contribution in [2.24, 2.45) is 0 Å². The van der Waals surface area contributed by atoms with Gasteiger partial charge in [0.1, 0.15) is 10.7 Å². The van der Waals surface area contributed by atoms with Crippen molar-refractivity contribution in [1.82, 2.24) is 9.71 Å². The van der Waals surface area contributed by atoms with E-state index in [1.54, 1.807) is 6.07 Å². The van der Waals surface area contributed by atoms with Crippen molar-refractivity contribution in [3.05, 3.63) is 53.2 Å². The van der Waals surface area contributed by atoms with Gasteiger partial charge in [-0.25, -0.2) is 18.1 Å². The molecule has 0 unspecified atom stereocenters. The minimum atomic E-state index is -3.43. The second-order valence-corrected chi connectivity index (χ2v) is 7.07. The number of benzene rings is 1. The molecule has 0 bridgehead atoms. The van der Waals surface area contributed by atoms with Gasteiger partial charge in [-0.05, 0) is 49.7 Å². The highest BCUT2D eigenvalue weighted by Crippen LogP contribution is 2.13. The molecule has 0 saturated carbocycles. The van der Waals surface area contributed by atoms with Crippen molar-refractivity contribution in [2.45, 2.75) is 17.7 Å². The number of nitrogens with one attached hydrogen (secondary N) is 2. The number of hydrogen-bond donors (Lipinski definition) is 2. The summed E-state index contributed by atoms with van der Waals surface area (Å²) < 4.78 is 25.4. The van der Waals surface area contributed by atoms with E-state index in [1.807, 2.05) is 24.3 Å². The highest BCUT2D eigenvalue weighted by Gasteiger charge is 2.10. The summed E-state index contributed by atoms with van der Waals surface area (Å²) in [6.45, 7) is 0.748. The highest BCUT2D eigenvalue weighted by atomic mass is 35.5. The van der Waals surface area contributed by atoms with Crippen LogP contribution in [0.5, 0.6) is 0 Å². The average Bonchev–Trinajstić information content (AvgIpc) is 2.52. The van der Waals surface area contributed by atoms with E-state index in [1.165, 1.54) is 24.9 Å². The van der Waals surface area contributed by atoms with E-state index in [2.05, 4.69) is 15.0 Å². The predicted octanol–water partition coefficient (Wildman–Crippen LogP) is 2.69. The molecule has 2 N–H and O–H groups in total. The highest BCUT2D eigenvalue weighted by molar-refractivity contribution is 7.89. The molecule has 0 spiro atoms. The third-order valence-electron chi connectivity index (χ3n) is 3.15. The first-order valence-electron chi connectivity index (χ1n) is 6.89. The van der Waals surface area contributed by atoms with Crippen LogP contribution >= 0.6 is 11.6 Å². The number of halogens is 1. The summed E-state index contributed by atoms with van der Waals surface area (Å²) in [6, 6.07) is 11.0.